The molecule has 1 unspecified atom stereocenters. The lowest BCUT2D eigenvalue weighted by molar-refractivity contribution is -0.120. The van der Waals surface area contributed by atoms with Crippen LogP contribution < -0.4 is 15.8 Å². The summed E-state index contributed by atoms with van der Waals surface area (Å²) >= 11 is 6.47. The molecule has 1 aromatic heterocycles. The van der Waals surface area contributed by atoms with Gasteiger partial charge in [-0.3, -0.25) is 14.5 Å². The Morgan fingerprint density at radius 1 is 1.00 bits per heavy atom. The van der Waals surface area contributed by atoms with Crippen LogP contribution in [0.2, 0.25) is 5.02 Å². The van der Waals surface area contributed by atoms with Crippen LogP contribution >= 0.6 is 11.6 Å². The molecule has 7 nitrogen and oxygen atoms in total. The minimum Gasteiger partial charge on any atom is -0.366 e. The predicted molar refractivity (Wildman–Crippen MR) is 142 cm³/mol. The molecule has 2 heterocycles. The molecular formula is C27H32ClN5O2. The highest BCUT2D eigenvalue weighted by Crippen LogP contribution is 2.25. The van der Waals surface area contributed by atoms with Gasteiger partial charge >= 0.3 is 0 Å². The van der Waals surface area contributed by atoms with Crippen molar-refractivity contribution >= 4 is 28.9 Å². The van der Waals surface area contributed by atoms with Gasteiger partial charge in [0.15, 0.2) is 0 Å². The van der Waals surface area contributed by atoms with Gasteiger partial charge in [-0.1, -0.05) is 62.7 Å². The van der Waals surface area contributed by atoms with Gasteiger partial charge in [-0.25, -0.2) is 0 Å². The summed E-state index contributed by atoms with van der Waals surface area (Å²) in [4.78, 5) is 29.9. The summed E-state index contributed by atoms with van der Waals surface area (Å²) < 4.78 is 1.31. The van der Waals surface area contributed by atoms with Crippen LogP contribution in [0, 0.1) is 0 Å². The smallest absolute Gasteiger partial charge is 0.292 e. The number of nitrogens with one attached hydrogen (secondary N) is 1. The van der Waals surface area contributed by atoms with Crippen molar-refractivity contribution in [2.24, 2.45) is 0 Å². The van der Waals surface area contributed by atoms with Crippen molar-refractivity contribution in [3.05, 3.63) is 81.7 Å². The van der Waals surface area contributed by atoms with E-state index in [4.69, 9.17) is 11.6 Å². The third-order valence-electron chi connectivity index (χ3n) is 6.50. The topological polar surface area (TPSA) is 70.5 Å². The van der Waals surface area contributed by atoms with Gasteiger partial charge in [0.25, 0.3) is 5.56 Å². The molecule has 0 aliphatic carbocycles. The Hall–Kier alpha value is -3.16. The molecular weight excluding hydrogens is 462 g/mol. The zero-order valence-corrected chi connectivity index (χ0v) is 21.4. The van der Waals surface area contributed by atoms with Crippen LogP contribution in [0.5, 0.6) is 0 Å². The van der Waals surface area contributed by atoms with Crippen LogP contribution in [-0.4, -0.2) is 52.8 Å². The Morgan fingerprint density at radius 3 is 2.23 bits per heavy atom. The molecule has 3 aromatic rings. The number of benzene rings is 2. The van der Waals surface area contributed by atoms with Crippen molar-refractivity contribution in [3.8, 4) is 5.69 Å². The molecule has 184 valence electrons. The zero-order chi connectivity index (χ0) is 25.2. The Morgan fingerprint density at radius 2 is 1.63 bits per heavy atom. The molecule has 0 radical (unpaired) electrons. The molecule has 1 N–H and O–H groups in total. The first-order chi connectivity index (χ1) is 16.6. The third-order valence-corrected chi connectivity index (χ3v) is 6.86. The van der Waals surface area contributed by atoms with Crippen LogP contribution in [0.3, 0.4) is 0 Å². The quantitative estimate of drug-likeness (QED) is 0.572. The van der Waals surface area contributed by atoms with Crippen LogP contribution in [-0.2, 0) is 10.2 Å². The number of aromatic nitrogens is 2. The van der Waals surface area contributed by atoms with Crippen LogP contribution in [0.1, 0.15) is 33.3 Å². The fourth-order valence-corrected chi connectivity index (χ4v) is 4.46. The number of hydrogen-bond acceptors (Lipinski definition) is 5. The number of carbonyl (C=O) groups excluding carboxylic acids is 1. The molecule has 2 aromatic carbocycles. The van der Waals surface area contributed by atoms with Crippen molar-refractivity contribution in [2.75, 3.05) is 36.4 Å². The van der Waals surface area contributed by atoms with E-state index in [1.54, 1.807) is 6.20 Å². The number of para-hydroxylation sites is 1. The Bertz CT molecular complexity index is 1230. The van der Waals surface area contributed by atoms with Crippen molar-refractivity contribution in [1.82, 2.24) is 14.7 Å². The van der Waals surface area contributed by atoms with E-state index in [-0.39, 0.29) is 27.9 Å². The highest BCUT2D eigenvalue weighted by molar-refractivity contribution is 6.33. The standard InChI is InChI=1S/C27H32ClN5O2/c1-19(25(34)30-21-12-10-20(11-13-21)27(2,3)4)31-14-16-32(17-15-31)23-18-29-33(26(35)24(23)28)22-8-6-5-7-9-22/h5-13,18-19H,14-17H2,1-4H3,(H,30,34). The van der Waals surface area contributed by atoms with E-state index in [0.29, 0.717) is 37.6 Å². The summed E-state index contributed by atoms with van der Waals surface area (Å²) in [7, 11) is 0. The molecule has 8 heteroatoms. The first-order valence-corrected chi connectivity index (χ1v) is 12.3. The highest BCUT2D eigenvalue weighted by atomic mass is 35.5. The average Bonchev–Trinajstić information content (AvgIpc) is 2.85. The van der Waals surface area contributed by atoms with Crippen LogP contribution in [0.15, 0.2) is 65.6 Å². The molecule has 1 amide bonds. The third kappa shape index (κ3) is 5.57. The molecule has 0 spiro atoms. The summed E-state index contributed by atoms with van der Waals surface area (Å²) in [6, 6.07) is 17.0. The second-order valence-corrected chi connectivity index (χ2v) is 10.3. The van der Waals surface area contributed by atoms with Crippen LogP contribution in [0.4, 0.5) is 11.4 Å². The maximum Gasteiger partial charge on any atom is 0.292 e. The second kappa shape index (κ2) is 10.2. The number of halogens is 1. The van der Waals surface area contributed by atoms with Gasteiger partial charge in [-0.2, -0.15) is 9.78 Å². The molecule has 1 saturated heterocycles. The molecule has 1 fully saturated rings. The van der Waals surface area contributed by atoms with Crippen molar-refractivity contribution in [3.63, 3.8) is 0 Å². The van der Waals surface area contributed by atoms with Gasteiger partial charge in [-0.15, -0.1) is 0 Å². The van der Waals surface area contributed by atoms with E-state index >= 15 is 0 Å². The molecule has 0 bridgehead atoms. The summed E-state index contributed by atoms with van der Waals surface area (Å²) in [6.07, 6.45) is 1.64. The Balaban J connectivity index is 1.37. The molecule has 1 atom stereocenters. The minimum atomic E-state index is -0.344. The fraction of sp³-hybridized carbons (Fsp3) is 0.370. The number of carbonyl (C=O) groups is 1. The average molecular weight is 494 g/mol. The van der Waals surface area contributed by atoms with E-state index in [0.717, 1.165) is 5.69 Å². The monoisotopic (exact) mass is 493 g/mol. The van der Waals surface area contributed by atoms with Crippen LogP contribution in [0.25, 0.3) is 5.69 Å². The second-order valence-electron chi connectivity index (χ2n) is 9.91. The summed E-state index contributed by atoms with van der Waals surface area (Å²) in [5.74, 6) is -0.0351. The lowest BCUT2D eigenvalue weighted by atomic mass is 9.87. The number of hydrogen-bond donors (Lipinski definition) is 1. The van der Waals surface area contributed by atoms with Gasteiger partial charge < -0.3 is 10.2 Å². The van der Waals surface area contributed by atoms with Gasteiger partial charge in [-0.05, 0) is 42.2 Å². The summed E-state index contributed by atoms with van der Waals surface area (Å²) in [5, 5.41) is 7.52. The largest absolute Gasteiger partial charge is 0.366 e. The SMILES string of the molecule is CC(C(=O)Nc1ccc(C(C)(C)C)cc1)N1CCN(c2cnn(-c3ccccc3)c(=O)c2Cl)CC1. The Kier molecular flexibility index (Phi) is 7.28. The molecule has 1 aliphatic rings. The van der Waals surface area contributed by atoms with E-state index in [9.17, 15) is 9.59 Å². The number of amides is 1. The number of rotatable bonds is 5. The van der Waals surface area contributed by atoms with Crippen molar-refractivity contribution in [2.45, 2.75) is 39.2 Å². The molecule has 35 heavy (non-hydrogen) atoms. The van der Waals surface area contributed by atoms with Gasteiger partial charge in [0.05, 0.1) is 23.6 Å². The first kappa shape index (κ1) is 24.9. The van der Waals surface area contributed by atoms with E-state index < -0.39 is 0 Å². The minimum absolute atomic E-state index is 0.0351. The maximum atomic E-state index is 12.9. The number of piperazine rings is 1. The lowest BCUT2D eigenvalue weighted by Crippen LogP contribution is -2.53. The number of anilines is 2. The van der Waals surface area contributed by atoms with E-state index in [2.05, 4.69) is 53.1 Å². The zero-order valence-electron chi connectivity index (χ0n) is 20.7. The summed E-state index contributed by atoms with van der Waals surface area (Å²) in [5.41, 5.74) is 3.04. The molecule has 0 saturated carbocycles. The first-order valence-electron chi connectivity index (χ1n) is 11.9. The fourth-order valence-electron chi connectivity index (χ4n) is 4.21. The Labute approximate surface area is 211 Å². The normalized spacial score (nSPS) is 15.6. The highest BCUT2D eigenvalue weighted by Gasteiger charge is 2.27. The summed E-state index contributed by atoms with van der Waals surface area (Å²) in [6.45, 7) is 11.1. The molecule has 1 aliphatic heterocycles. The molecule has 4 rings (SSSR count). The van der Waals surface area contributed by atoms with E-state index in [1.807, 2.05) is 49.4 Å². The predicted octanol–water partition coefficient (Wildman–Crippen LogP) is 4.33. The van der Waals surface area contributed by atoms with Gasteiger partial charge in [0.1, 0.15) is 5.02 Å². The number of nitrogens with zero attached hydrogens (tertiary/aromatic N) is 4. The van der Waals surface area contributed by atoms with Gasteiger partial charge in [0, 0.05) is 31.9 Å². The van der Waals surface area contributed by atoms with Crippen molar-refractivity contribution in [1.29, 1.82) is 0 Å². The lowest BCUT2D eigenvalue weighted by Gasteiger charge is -2.38. The van der Waals surface area contributed by atoms with Crippen molar-refractivity contribution < 1.29 is 4.79 Å². The van der Waals surface area contributed by atoms with Gasteiger partial charge in [0.2, 0.25) is 5.91 Å². The maximum absolute atomic E-state index is 12.9. The van der Waals surface area contributed by atoms with E-state index in [1.165, 1.54) is 10.2 Å².